The van der Waals surface area contributed by atoms with E-state index in [0.717, 1.165) is 0 Å². The van der Waals surface area contributed by atoms with Gasteiger partial charge in [0.15, 0.2) is 0 Å². The van der Waals surface area contributed by atoms with Crippen LogP contribution in [0.25, 0.3) is 0 Å². The standard InChI is InChI=1S/C12H18O7/c1-16-6-4-5-7(9(18-3)8(6)17-2)10(11(13)14)19-12(5)15/h5-10H,4H2,1-3H3,(H,13,14)/p-1/t5-,6-,7+,8-,9+,10-/m1/s1. The van der Waals surface area contributed by atoms with Gasteiger partial charge in [-0.25, -0.2) is 0 Å². The third-order valence-corrected chi connectivity index (χ3v) is 4.00. The summed E-state index contributed by atoms with van der Waals surface area (Å²) in [5.74, 6) is -3.13. The lowest BCUT2D eigenvalue weighted by Crippen LogP contribution is -2.56. The van der Waals surface area contributed by atoms with E-state index in [1.165, 1.54) is 21.3 Å². The SMILES string of the molecule is CO[C@@H]1[C@H](OC)[C@H](OC)C[C@H]2C(=O)O[C@@H](C(=O)[O-])[C@H]12. The minimum absolute atomic E-state index is 0.343. The van der Waals surface area contributed by atoms with Crippen molar-refractivity contribution in [2.75, 3.05) is 21.3 Å². The number of aliphatic carboxylic acids is 1. The van der Waals surface area contributed by atoms with Gasteiger partial charge in [-0.1, -0.05) is 0 Å². The predicted octanol–water partition coefficient (Wildman–Crippen LogP) is -1.66. The fraction of sp³-hybridized carbons (Fsp3) is 0.833. The summed E-state index contributed by atoms with van der Waals surface area (Å²) in [6.07, 6.45) is -2.33. The lowest BCUT2D eigenvalue weighted by Gasteiger charge is -2.42. The summed E-state index contributed by atoms with van der Waals surface area (Å²) in [4.78, 5) is 22.9. The van der Waals surface area contributed by atoms with E-state index in [1.54, 1.807) is 0 Å². The maximum atomic E-state index is 11.8. The Hall–Kier alpha value is -1.18. The van der Waals surface area contributed by atoms with Crippen molar-refractivity contribution in [1.29, 1.82) is 0 Å². The van der Waals surface area contributed by atoms with Crippen LogP contribution in [0, 0.1) is 11.8 Å². The summed E-state index contributed by atoms with van der Waals surface area (Å²) in [7, 11) is 4.45. The monoisotopic (exact) mass is 273 g/mol. The van der Waals surface area contributed by atoms with Gasteiger partial charge in [-0.15, -0.1) is 0 Å². The molecule has 0 aromatic heterocycles. The molecule has 0 bridgehead atoms. The number of hydrogen-bond acceptors (Lipinski definition) is 7. The molecule has 0 N–H and O–H groups in total. The Morgan fingerprint density at radius 3 is 2.32 bits per heavy atom. The van der Waals surface area contributed by atoms with Crippen LogP contribution >= 0.6 is 0 Å². The molecular formula is C12H17O7-. The van der Waals surface area contributed by atoms with E-state index >= 15 is 0 Å². The number of rotatable bonds is 4. The highest BCUT2D eigenvalue weighted by Crippen LogP contribution is 2.42. The largest absolute Gasteiger partial charge is 0.546 e. The van der Waals surface area contributed by atoms with Gasteiger partial charge in [0.05, 0.1) is 24.1 Å². The van der Waals surface area contributed by atoms with E-state index in [9.17, 15) is 14.7 Å². The van der Waals surface area contributed by atoms with Crippen molar-refractivity contribution in [3.8, 4) is 0 Å². The van der Waals surface area contributed by atoms with Crippen LogP contribution in [0.2, 0.25) is 0 Å². The lowest BCUT2D eigenvalue weighted by atomic mass is 9.73. The number of hydrogen-bond donors (Lipinski definition) is 0. The topological polar surface area (TPSA) is 94.1 Å². The average Bonchev–Trinajstić information content (AvgIpc) is 2.73. The number of ether oxygens (including phenoxy) is 4. The molecule has 1 aliphatic heterocycles. The van der Waals surface area contributed by atoms with Crippen LogP contribution < -0.4 is 5.11 Å². The number of carboxylic acid groups (broad SMARTS) is 1. The Balaban J connectivity index is 2.33. The third kappa shape index (κ3) is 2.22. The molecule has 0 amide bonds. The lowest BCUT2D eigenvalue weighted by molar-refractivity contribution is -0.318. The van der Waals surface area contributed by atoms with Crippen molar-refractivity contribution >= 4 is 11.9 Å². The zero-order chi connectivity index (χ0) is 14.2. The van der Waals surface area contributed by atoms with Crippen molar-refractivity contribution in [2.45, 2.75) is 30.8 Å². The van der Waals surface area contributed by atoms with Crippen molar-refractivity contribution in [3.05, 3.63) is 0 Å². The smallest absolute Gasteiger partial charge is 0.310 e. The maximum absolute atomic E-state index is 11.8. The molecule has 19 heavy (non-hydrogen) atoms. The highest BCUT2D eigenvalue weighted by molar-refractivity contribution is 5.83. The van der Waals surface area contributed by atoms with Crippen LogP contribution in [0.1, 0.15) is 6.42 Å². The molecule has 0 radical (unpaired) electrons. The van der Waals surface area contributed by atoms with Crippen LogP contribution in [0.3, 0.4) is 0 Å². The van der Waals surface area contributed by atoms with Crippen LogP contribution in [0.15, 0.2) is 0 Å². The van der Waals surface area contributed by atoms with E-state index in [-0.39, 0.29) is 6.10 Å². The summed E-state index contributed by atoms with van der Waals surface area (Å²) < 4.78 is 20.9. The Labute approximate surface area is 110 Å². The zero-order valence-corrected chi connectivity index (χ0v) is 11.0. The van der Waals surface area contributed by atoms with Gasteiger partial charge in [0.1, 0.15) is 12.2 Å². The summed E-state index contributed by atoms with van der Waals surface area (Å²) in [5.41, 5.74) is 0. The molecular weight excluding hydrogens is 256 g/mol. The molecule has 0 aromatic carbocycles. The molecule has 1 heterocycles. The molecule has 1 saturated heterocycles. The molecule has 7 heteroatoms. The average molecular weight is 273 g/mol. The number of fused-ring (bicyclic) bond motifs is 1. The highest BCUT2D eigenvalue weighted by atomic mass is 16.6. The Bertz CT molecular complexity index is 369. The fourth-order valence-corrected chi connectivity index (χ4v) is 3.14. The van der Waals surface area contributed by atoms with Gasteiger partial charge in [0.2, 0.25) is 0 Å². The van der Waals surface area contributed by atoms with E-state index in [1.807, 2.05) is 0 Å². The van der Waals surface area contributed by atoms with Gasteiger partial charge in [-0.3, -0.25) is 4.79 Å². The molecule has 108 valence electrons. The predicted molar refractivity (Wildman–Crippen MR) is 58.9 cm³/mol. The molecule has 2 fully saturated rings. The van der Waals surface area contributed by atoms with Crippen LogP contribution in [-0.4, -0.2) is 57.7 Å². The summed E-state index contributed by atoms with van der Waals surface area (Å²) >= 11 is 0. The quantitative estimate of drug-likeness (QED) is 0.566. The molecule has 7 nitrogen and oxygen atoms in total. The molecule has 1 aliphatic carbocycles. The van der Waals surface area contributed by atoms with Gasteiger partial charge < -0.3 is 28.8 Å². The van der Waals surface area contributed by atoms with Crippen molar-refractivity contribution in [1.82, 2.24) is 0 Å². The molecule has 0 unspecified atom stereocenters. The van der Waals surface area contributed by atoms with E-state index in [0.29, 0.717) is 6.42 Å². The molecule has 2 aliphatic rings. The van der Waals surface area contributed by atoms with Gasteiger partial charge in [-0.05, 0) is 6.42 Å². The second-order valence-electron chi connectivity index (χ2n) is 4.77. The summed E-state index contributed by atoms with van der Waals surface area (Å²) in [5, 5.41) is 11.1. The van der Waals surface area contributed by atoms with Crippen molar-refractivity contribution < 1.29 is 33.6 Å². The van der Waals surface area contributed by atoms with Gasteiger partial charge in [0, 0.05) is 27.2 Å². The molecule has 1 saturated carbocycles. The Morgan fingerprint density at radius 1 is 1.21 bits per heavy atom. The van der Waals surface area contributed by atoms with Gasteiger partial charge >= 0.3 is 5.97 Å². The number of methoxy groups -OCH3 is 3. The molecule has 6 atom stereocenters. The molecule has 2 rings (SSSR count). The summed E-state index contributed by atoms with van der Waals surface area (Å²) in [6, 6.07) is 0. The fourth-order valence-electron chi connectivity index (χ4n) is 3.14. The van der Waals surface area contributed by atoms with Crippen molar-refractivity contribution in [2.24, 2.45) is 11.8 Å². The first-order valence-electron chi connectivity index (χ1n) is 6.04. The Kier molecular flexibility index (Phi) is 4.07. The number of carbonyl (C=O) groups is 2. The number of carbonyl (C=O) groups excluding carboxylic acids is 2. The third-order valence-electron chi connectivity index (χ3n) is 4.00. The van der Waals surface area contributed by atoms with Gasteiger partial charge in [-0.2, -0.15) is 0 Å². The van der Waals surface area contributed by atoms with E-state index < -0.39 is 42.1 Å². The highest BCUT2D eigenvalue weighted by Gasteiger charge is 2.57. The number of carboxylic acids is 1. The minimum atomic E-state index is -1.41. The first-order valence-corrected chi connectivity index (χ1v) is 6.04. The van der Waals surface area contributed by atoms with Crippen LogP contribution in [0.5, 0.6) is 0 Å². The molecule has 0 aromatic rings. The second-order valence-corrected chi connectivity index (χ2v) is 4.77. The van der Waals surface area contributed by atoms with Crippen LogP contribution in [0.4, 0.5) is 0 Å². The van der Waals surface area contributed by atoms with E-state index in [2.05, 4.69) is 0 Å². The molecule has 0 spiro atoms. The van der Waals surface area contributed by atoms with E-state index in [4.69, 9.17) is 18.9 Å². The summed E-state index contributed by atoms with van der Waals surface area (Å²) in [6.45, 7) is 0. The number of cyclic esters (lactones) is 1. The minimum Gasteiger partial charge on any atom is -0.546 e. The second kappa shape index (κ2) is 5.44. The first kappa shape index (κ1) is 14.2. The van der Waals surface area contributed by atoms with Crippen molar-refractivity contribution in [3.63, 3.8) is 0 Å². The normalized spacial score (nSPS) is 41.7. The Morgan fingerprint density at radius 2 is 1.84 bits per heavy atom. The number of esters is 1. The maximum Gasteiger partial charge on any atom is 0.310 e. The van der Waals surface area contributed by atoms with Crippen LogP contribution in [-0.2, 0) is 28.5 Å². The first-order chi connectivity index (χ1) is 9.04. The van der Waals surface area contributed by atoms with Gasteiger partial charge in [0.25, 0.3) is 0 Å². The zero-order valence-electron chi connectivity index (χ0n) is 11.0.